The molecular formula is C24H27NO2. The molecule has 0 N–H and O–H groups in total. The zero-order valence-electron chi connectivity index (χ0n) is 16.2. The molecule has 0 atom stereocenters. The van der Waals surface area contributed by atoms with Crippen LogP contribution >= 0.6 is 0 Å². The van der Waals surface area contributed by atoms with E-state index < -0.39 is 5.97 Å². The minimum atomic E-state index is -0.551. The molecule has 0 spiro atoms. The number of esters is 1. The lowest BCUT2D eigenvalue weighted by atomic mass is 9.93. The van der Waals surface area contributed by atoms with E-state index in [1.807, 2.05) is 60.7 Å². The third-order valence-corrected chi connectivity index (χ3v) is 4.84. The van der Waals surface area contributed by atoms with Gasteiger partial charge in [0, 0.05) is 5.57 Å². The molecule has 27 heavy (non-hydrogen) atoms. The van der Waals surface area contributed by atoms with E-state index in [4.69, 9.17) is 4.74 Å². The number of carbonyl (C=O) groups is 1. The van der Waals surface area contributed by atoms with Crippen LogP contribution in [0.5, 0.6) is 0 Å². The van der Waals surface area contributed by atoms with Gasteiger partial charge < -0.3 is 4.74 Å². The molecule has 0 aliphatic carbocycles. The van der Waals surface area contributed by atoms with Crippen molar-refractivity contribution in [3.63, 3.8) is 0 Å². The zero-order valence-corrected chi connectivity index (χ0v) is 16.2. The lowest BCUT2D eigenvalue weighted by Crippen LogP contribution is -2.11. The van der Waals surface area contributed by atoms with Crippen molar-refractivity contribution in [2.24, 2.45) is 5.92 Å². The van der Waals surface area contributed by atoms with Crippen LogP contribution in [0.2, 0.25) is 0 Å². The fourth-order valence-corrected chi connectivity index (χ4v) is 3.17. The molecule has 3 nitrogen and oxygen atoms in total. The largest absolute Gasteiger partial charge is 0.462 e. The Kier molecular flexibility index (Phi) is 8.32. The van der Waals surface area contributed by atoms with Gasteiger partial charge >= 0.3 is 5.97 Å². The standard InChI is InChI=1S/C24H27NO2/c1-3-19(4-2)12-11-17-27-24(26)22(18-25)23(20-13-7-5-8-14-20)21-15-9-6-10-16-21/h5-10,13-16,19H,3-4,11-12,17H2,1-2H3. The van der Waals surface area contributed by atoms with E-state index in [2.05, 4.69) is 19.9 Å². The predicted molar refractivity (Wildman–Crippen MR) is 109 cm³/mol. The van der Waals surface area contributed by atoms with Gasteiger partial charge in [-0.15, -0.1) is 0 Å². The summed E-state index contributed by atoms with van der Waals surface area (Å²) < 4.78 is 5.44. The number of hydrogen-bond acceptors (Lipinski definition) is 3. The van der Waals surface area contributed by atoms with Crippen LogP contribution in [-0.2, 0) is 9.53 Å². The van der Waals surface area contributed by atoms with Crippen molar-refractivity contribution in [3.05, 3.63) is 77.4 Å². The minimum absolute atomic E-state index is 0.0509. The number of nitrogens with zero attached hydrogens (tertiary/aromatic N) is 1. The average Bonchev–Trinajstić information content (AvgIpc) is 2.73. The van der Waals surface area contributed by atoms with Crippen LogP contribution < -0.4 is 0 Å². The Balaban J connectivity index is 2.24. The summed E-state index contributed by atoms with van der Waals surface area (Å²) in [5.74, 6) is 0.114. The Morgan fingerprint density at radius 1 is 0.963 bits per heavy atom. The molecule has 0 unspecified atom stereocenters. The second-order valence-electron chi connectivity index (χ2n) is 6.55. The summed E-state index contributed by atoms with van der Waals surface area (Å²) in [6.07, 6.45) is 4.14. The maximum absolute atomic E-state index is 12.6. The highest BCUT2D eigenvalue weighted by Crippen LogP contribution is 2.27. The number of hydrogen-bond donors (Lipinski definition) is 0. The van der Waals surface area contributed by atoms with Crippen molar-refractivity contribution in [1.82, 2.24) is 0 Å². The smallest absolute Gasteiger partial charge is 0.349 e. The normalized spacial score (nSPS) is 10.3. The van der Waals surface area contributed by atoms with Crippen molar-refractivity contribution >= 4 is 11.5 Å². The molecular weight excluding hydrogens is 334 g/mol. The monoisotopic (exact) mass is 361 g/mol. The van der Waals surface area contributed by atoms with Gasteiger partial charge in [0.2, 0.25) is 0 Å². The van der Waals surface area contributed by atoms with E-state index in [1.54, 1.807) is 0 Å². The summed E-state index contributed by atoms with van der Waals surface area (Å²) in [4.78, 5) is 12.6. The zero-order chi connectivity index (χ0) is 19.5. The van der Waals surface area contributed by atoms with Crippen molar-refractivity contribution in [2.45, 2.75) is 39.5 Å². The van der Waals surface area contributed by atoms with E-state index >= 15 is 0 Å². The first kappa shape index (κ1) is 20.5. The van der Waals surface area contributed by atoms with Gasteiger partial charge in [0.05, 0.1) is 6.61 Å². The van der Waals surface area contributed by atoms with Gasteiger partial charge in [-0.2, -0.15) is 5.26 Å². The number of benzene rings is 2. The summed E-state index contributed by atoms with van der Waals surface area (Å²) in [5, 5.41) is 9.70. The highest BCUT2D eigenvalue weighted by atomic mass is 16.5. The Morgan fingerprint density at radius 3 is 1.93 bits per heavy atom. The van der Waals surface area contributed by atoms with Crippen LogP contribution in [0.4, 0.5) is 0 Å². The summed E-state index contributed by atoms with van der Waals surface area (Å²) in [5.41, 5.74) is 2.32. The van der Waals surface area contributed by atoms with Crippen LogP contribution in [0.25, 0.3) is 5.57 Å². The maximum atomic E-state index is 12.6. The number of ether oxygens (including phenoxy) is 1. The number of carbonyl (C=O) groups excluding carboxylic acids is 1. The topological polar surface area (TPSA) is 50.1 Å². The van der Waals surface area contributed by atoms with Gasteiger partial charge in [0.15, 0.2) is 0 Å². The fraction of sp³-hybridized carbons (Fsp3) is 0.333. The molecule has 0 fully saturated rings. The molecule has 0 heterocycles. The van der Waals surface area contributed by atoms with E-state index in [-0.39, 0.29) is 5.57 Å². The molecule has 140 valence electrons. The molecule has 0 bridgehead atoms. The van der Waals surface area contributed by atoms with Crippen molar-refractivity contribution in [3.8, 4) is 6.07 Å². The lowest BCUT2D eigenvalue weighted by Gasteiger charge is -2.13. The van der Waals surface area contributed by atoms with Crippen molar-refractivity contribution < 1.29 is 9.53 Å². The molecule has 0 amide bonds. The van der Waals surface area contributed by atoms with Crippen molar-refractivity contribution in [2.75, 3.05) is 6.61 Å². The first-order chi connectivity index (χ1) is 13.2. The van der Waals surface area contributed by atoms with E-state index in [0.29, 0.717) is 18.1 Å². The van der Waals surface area contributed by atoms with Gasteiger partial charge in [-0.05, 0) is 29.9 Å². The molecule has 0 saturated heterocycles. The third kappa shape index (κ3) is 5.82. The molecule has 0 aliphatic heterocycles. The van der Waals surface area contributed by atoms with E-state index in [0.717, 1.165) is 36.8 Å². The molecule has 3 heteroatoms. The summed E-state index contributed by atoms with van der Waals surface area (Å²) in [6, 6.07) is 21.1. The Morgan fingerprint density at radius 2 is 1.48 bits per heavy atom. The van der Waals surface area contributed by atoms with Gasteiger partial charge in [-0.25, -0.2) is 4.79 Å². The number of nitriles is 1. The van der Waals surface area contributed by atoms with Crippen LogP contribution in [0.15, 0.2) is 66.2 Å². The van der Waals surface area contributed by atoms with Crippen LogP contribution in [-0.4, -0.2) is 12.6 Å². The van der Waals surface area contributed by atoms with Crippen LogP contribution in [0.1, 0.15) is 50.7 Å². The predicted octanol–water partition coefficient (Wildman–Crippen LogP) is 5.77. The Labute approximate surface area is 162 Å². The molecule has 0 aliphatic rings. The molecule has 2 rings (SSSR count). The first-order valence-electron chi connectivity index (χ1n) is 9.63. The van der Waals surface area contributed by atoms with Gasteiger partial charge in [0.1, 0.15) is 11.6 Å². The SMILES string of the molecule is CCC(CC)CCCOC(=O)C(C#N)=C(c1ccccc1)c1ccccc1. The van der Waals surface area contributed by atoms with Gasteiger partial charge in [-0.3, -0.25) is 0 Å². The quantitative estimate of drug-likeness (QED) is 0.246. The summed E-state index contributed by atoms with van der Waals surface area (Å²) in [7, 11) is 0. The highest BCUT2D eigenvalue weighted by molar-refractivity contribution is 6.05. The molecule has 2 aromatic rings. The lowest BCUT2D eigenvalue weighted by molar-refractivity contribution is -0.138. The molecule has 0 radical (unpaired) electrons. The Bertz CT molecular complexity index is 743. The minimum Gasteiger partial charge on any atom is -0.462 e. The van der Waals surface area contributed by atoms with E-state index in [9.17, 15) is 10.1 Å². The molecule has 2 aromatic carbocycles. The summed E-state index contributed by atoms with van der Waals surface area (Å²) in [6.45, 7) is 4.71. The van der Waals surface area contributed by atoms with Crippen LogP contribution in [0.3, 0.4) is 0 Å². The average molecular weight is 361 g/mol. The first-order valence-corrected chi connectivity index (χ1v) is 9.63. The number of rotatable bonds is 9. The fourth-order valence-electron chi connectivity index (χ4n) is 3.17. The van der Waals surface area contributed by atoms with E-state index in [1.165, 1.54) is 0 Å². The van der Waals surface area contributed by atoms with Gasteiger partial charge in [-0.1, -0.05) is 87.4 Å². The molecule has 0 saturated carbocycles. The second kappa shape index (κ2) is 11.0. The summed E-state index contributed by atoms with van der Waals surface area (Å²) >= 11 is 0. The van der Waals surface area contributed by atoms with Gasteiger partial charge in [0.25, 0.3) is 0 Å². The Hall–Kier alpha value is -2.86. The highest BCUT2D eigenvalue weighted by Gasteiger charge is 2.19. The van der Waals surface area contributed by atoms with Crippen LogP contribution in [0, 0.1) is 17.2 Å². The molecule has 0 aromatic heterocycles. The maximum Gasteiger partial charge on any atom is 0.349 e. The third-order valence-electron chi connectivity index (χ3n) is 4.84. The second-order valence-corrected chi connectivity index (χ2v) is 6.55. The van der Waals surface area contributed by atoms with Crippen molar-refractivity contribution in [1.29, 1.82) is 5.26 Å².